The lowest BCUT2D eigenvalue weighted by atomic mass is 10.6. The number of aliphatic hydroxyl groups excluding tert-OH is 1. The third-order valence-corrected chi connectivity index (χ3v) is 1.26. The van der Waals surface area contributed by atoms with Crippen molar-refractivity contribution < 1.29 is 10.0 Å². The number of aliphatic hydroxyl groups is 1. The van der Waals surface area contributed by atoms with E-state index in [1.54, 1.807) is 0 Å². The molecule has 0 aromatic heterocycles. The van der Waals surface area contributed by atoms with Gasteiger partial charge < -0.3 is 15.7 Å². The highest BCUT2D eigenvalue weighted by Crippen LogP contribution is 1.84. The van der Waals surface area contributed by atoms with E-state index in [1.165, 1.54) is 0 Å². The average molecular weight is 210 g/mol. The van der Waals surface area contributed by atoms with Gasteiger partial charge in [-0.05, 0) is 0 Å². The van der Waals surface area contributed by atoms with Gasteiger partial charge in [-0.15, -0.1) is 11.6 Å². The van der Waals surface area contributed by atoms with Crippen molar-refractivity contribution in [3.8, 4) is 0 Å². The van der Waals surface area contributed by atoms with Gasteiger partial charge in [0.25, 0.3) is 6.20 Å². The zero-order chi connectivity index (χ0) is 10.1. The molecule has 76 valence electrons. The van der Waals surface area contributed by atoms with Crippen LogP contribution in [0, 0.1) is 10.1 Å². The van der Waals surface area contributed by atoms with Crippen molar-refractivity contribution in [1.82, 2.24) is 10.6 Å². The third-order valence-electron chi connectivity index (χ3n) is 1.07. The molecular formula is C6H12ClN3O3. The number of halogens is 1. The Morgan fingerprint density at radius 1 is 1.54 bits per heavy atom. The number of rotatable bonds is 7. The van der Waals surface area contributed by atoms with Gasteiger partial charge in [-0.25, -0.2) is 0 Å². The van der Waals surface area contributed by atoms with Crippen LogP contribution in [0.3, 0.4) is 0 Å². The van der Waals surface area contributed by atoms with Gasteiger partial charge in [-0.3, -0.25) is 10.1 Å². The average Bonchev–Trinajstić information content (AvgIpc) is 2.09. The fraction of sp³-hybridized carbons (Fsp3) is 0.667. The van der Waals surface area contributed by atoms with Crippen molar-refractivity contribution in [2.75, 3.05) is 25.6 Å². The van der Waals surface area contributed by atoms with Crippen molar-refractivity contribution in [1.29, 1.82) is 0 Å². The zero-order valence-electron chi connectivity index (χ0n) is 6.99. The number of hydrogen-bond acceptors (Lipinski definition) is 5. The summed E-state index contributed by atoms with van der Waals surface area (Å²) in [4.78, 5) is 9.51. The van der Waals surface area contributed by atoms with Crippen LogP contribution in [-0.4, -0.2) is 35.6 Å². The molecule has 0 spiro atoms. The van der Waals surface area contributed by atoms with Gasteiger partial charge >= 0.3 is 0 Å². The van der Waals surface area contributed by atoms with E-state index in [9.17, 15) is 10.1 Å². The minimum Gasteiger partial charge on any atom is -0.395 e. The van der Waals surface area contributed by atoms with Crippen LogP contribution in [0.4, 0.5) is 0 Å². The molecule has 0 aliphatic heterocycles. The van der Waals surface area contributed by atoms with E-state index in [1.807, 2.05) is 0 Å². The normalized spacial score (nSPS) is 11.1. The smallest absolute Gasteiger partial charge is 0.274 e. The monoisotopic (exact) mass is 209 g/mol. The number of alkyl halides is 1. The maximum absolute atomic E-state index is 10.1. The molecular weight excluding hydrogens is 198 g/mol. The standard InChI is InChI=1S/C6H12ClN3O3/c7-1-2-8-6(5-10(12)13)9-3-4-11/h5,8-9,11H,1-4H2. The SMILES string of the molecule is O=[N+]([O-])C=C(NCCO)NCCCl. The molecule has 0 saturated carbocycles. The first-order valence-corrected chi connectivity index (χ1v) is 4.24. The molecule has 0 aliphatic carbocycles. The predicted molar refractivity (Wildman–Crippen MR) is 48.9 cm³/mol. The zero-order valence-corrected chi connectivity index (χ0v) is 7.75. The highest BCUT2D eigenvalue weighted by molar-refractivity contribution is 6.18. The van der Waals surface area contributed by atoms with Crippen LogP contribution >= 0.6 is 11.6 Å². The third kappa shape index (κ3) is 7.35. The van der Waals surface area contributed by atoms with Crippen molar-refractivity contribution in [2.24, 2.45) is 0 Å². The second-order valence-corrected chi connectivity index (χ2v) is 2.47. The fourth-order valence-corrected chi connectivity index (χ4v) is 0.726. The van der Waals surface area contributed by atoms with Crippen molar-refractivity contribution in [3.05, 3.63) is 22.1 Å². The van der Waals surface area contributed by atoms with E-state index in [-0.39, 0.29) is 19.0 Å². The summed E-state index contributed by atoms with van der Waals surface area (Å²) < 4.78 is 0. The Morgan fingerprint density at radius 3 is 2.62 bits per heavy atom. The first-order valence-electron chi connectivity index (χ1n) is 3.70. The van der Waals surface area contributed by atoms with Crippen LogP contribution in [-0.2, 0) is 0 Å². The number of nitrogens with zero attached hydrogens (tertiary/aromatic N) is 1. The maximum atomic E-state index is 10.1. The summed E-state index contributed by atoms with van der Waals surface area (Å²) in [6, 6.07) is 0. The van der Waals surface area contributed by atoms with Crippen molar-refractivity contribution >= 4 is 11.6 Å². The van der Waals surface area contributed by atoms with Crippen molar-refractivity contribution in [3.63, 3.8) is 0 Å². The molecule has 0 bridgehead atoms. The molecule has 0 aliphatic rings. The van der Waals surface area contributed by atoms with Crippen LogP contribution in [0.2, 0.25) is 0 Å². The number of hydrogen-bond donors (Lipinski definition) is 3. The molecule has 13 heavy (non-hydrogen) atoms. The Hall–Kier alpha value is -1.01. The van der Waals surface area contributed by atoms with Gasteiger partial charge in [-0.1, -0.05) is 0 Å². The van der Waals surface area contributed by atoms with E-state index in [0.717, 1.165) is 6.20 Å². The molecule has 0 aromatic rings. The minimum atomic E-state index is -0.582. The van der Waals surface area contributed by atoms with E-state index >= 15 is 0 Å². The highest BCUT2D eigenvalue weighted by atomic mass is 35.5. The maximum Gasteiger partial charge on any atom is 0.274 e. The largest absolute Gasteiger partial charge is 0.395 e. The molecule has 0 radical (unpaired) electrons. The molecule has 6 nitrogen and oxygen atoms in total. The van der Waals surface area contributed by atoms with E-state index in [4.69, 9.17) is 16.7 Å². The lowest BCUT2D eigenvalue weighted by Gasteiger charge is -2.08. The summed E-state index contributed by atoms with van der Waals surface area (Å²) in [7, 11) is 0. The Morgan fingerprint density at radius 2 is 2.15 bits per heavy atom. The van der Waals surface area contributed by atoms with Crippen LogP contribution in [0.25, 0.3) is 0 Å². The molecule has 0 unspecified atom stereocenters. The molecule has 0 amide bonds. The summed E-state index contributed by atoms with van der Waals surface area (Å²) in [6.07, 6.45) is 0.794. The molecule has 0 heterocycles. The van der Waals surface area contributed by atoms with E-state index in [0.29, 0.717) is 12.4 Å². The van der Waals surface area contributed by atoms with Crippen LogP contribution in [0.5, 0.6) is 0 Å². The summed E-state index contributed by atoms with van der Waals surface area (Å²) in [5.74, 6) is 0.607. The second kappa shape index (κ2) is 7.63. The van der Waals surface area contributed by atoms with Gasteiger partial charge in [0, 0.05) is 19.0 Å². The molecule has 0 aromatic carbocycles. The Labute approximate surface area is 80.7 Å². The van der Waals surface area contributed by atoms with Gasteiger partial charge in [0.15, 0.2) is 5.82 Å². The molecule has 7 heteroatoms. The van der Waals surface area contributed by atoms with Crippen LogP contribution in [0.1, 0.15) is 0 Å². The molecule has 0 atom stereocenters. The molecule has 3 N–H and O–H groups in total. The van der Waals surface area contributed by atoms with Crippen LogP contribution < -0.4 is 10.6 Å². The number of nitro groups is 1. The number of nitrogens with one attached hydrogen (secondary N) is 2. The van der Waals surface area contributed by atoms with E-state index in [2.05, 4.69) is 10.6 Å². The second-order valence-electron chi connectivity index (χ2n) is 2.09. The highest BCUT2D eigenvalue weighted by Gasteiger charge is 1.99. The van der Waals surface area contributed by atoms with Crippen LogP contribution in [0.15, 0.2) is 12.0 Å². The van der Waals surface area contributed by atoms with Gasteiger partial charge in [0.2, 0.25) is 0 Å². The quantitative estimate of drug-likeness (QED) is 0.298. The Kier molecular flexibility index (Phi) is 7.04. The topological polar surface area (TPSA) is 87.4 Å². The van der Waals surface area contributed by atoms with Gasteiger partial charge in [0.1, 0.15) is 0 Å². The van der Waals surface area contributed by atoms with Crippen molar-refractivity contribution in [2.45, 2.75) is 0 Å². The Balaban J connectivity index is 3.94. The lowest BCUT2D eigenvalue weighted by Crippen LogP contribution is -2.30. The molecule has 0 rings (SSSR count). The summed E-state index contributed by atoms with van der Waals surface area (Å²) in [5, 5.41) is 23.9. The fourth-order valence-electron chi connectivity index (χ4n) is 0.632. The minimum absolute atomic E-state index is 0.0857. The summed E-state index contributed by atoms with van der Waals surface area (Å²) >= 11 is 5.38. The first kappa shape index (κ1) is 12.0. The first-order chi connectivity index (χ1) is 6.20. The molecule has 0 saturated heterocycles. The lowest BCUT2D eigenvalue weighted by molar-refractivity contribution is -0.404. The molecule has 0 fully saturated rings. The van der Waals surface area contributed by atoms with E-state index < -0.39 is 4.92 Å². The summed E-state index contributed by atoms with van der Waals surface area (Å²) in [6.45, 7) is 0.603. The summed E-state index contributed by atoms with van der Waals surface area (Å²) in [5.41, 5.74) is 0. The Bertz CT molecular complexity index is 176. The van der Waals surface area contributed by atoms with Gasteiger partial charge in [0.05, 0.1) is 11.5 Å². The van der Waals surface area contributed by atoms with Gasteiger partial charge in [-0.2, -0.15) is 0 Å². The predicted octanol–water partition coefficient (Wildman–Crippen LogP) is -0.528.